The van der Waals surface area contributed by atoms with Crippen molar-refractivity contribution in [3.05, 3.63) is 33.8 Å². The molecule has 0 aliphatic heterocycles. The Morgan fingerprint density at radius 3 is 2.56 bits per heavy atom. The summed E-state index contributed by atoms with van der Waals surface area (Å²) in [4.78, 5) is 22.5. The molecule has 1 atom stereocenters. The maximum atomic E-state index is 11.8. The molecule has 0 fully saturated rings. The Labute approximate surface area is 120 Å². The molecule has 0 radical (unpaired) electrons. The van der Waals surface area contributed by atoms with Gasteiger partial charge in [0.15, 0.2) is 5.78 Å². The van der Waals surface area contributed by atoms with Crippen molar-refractivity contribution in [3.63, 3.8) is 0 Å². The highest BCUT2D eigenvalue weighted by atomic mass is 35.5. The average Bonchev–Trinajstić information content (AvgIpc) is 2.28. The fourth-order valence-electron chi connectivity index (χ4n) is 1.26. The van der Waals surface area contributed by atoms with Crippen LogP contribution in [0.15, 0.2) is 18.2 Å². The molecular weight excluding hydrogens is 297 g/mol. The van der Waals surface area contributed by atoms with E-state index in [1.807, 2.05) is 0 Å². The van der Waals surface area contributed by atoms with Gasteiger partial charge in [0.1, 0.15) is 6.04 Å². The molecule has 0 bridgehead atoms. The average molecular weight is 308 g/mol. The lowest BCUT2D eigenvalue weighted by molar-refractivity contribution is -0.138. The van der Waals surface area contributed by atoms with Gasteiger partial charge in [-0.05, 0) is 18.2 Å². The third-order valence-electron chi connectivity index (χ3n) is 2.22. The topological polar surface area (TPSA) is 66.4 Å². The predicted octanol–water partition coefficient (Wildman–Crippen LogP) is 2.15. The van der Waals surface area contributed by atoms with Crippen LogP contribution in [0.5, 0.6) is 0 Å². The fraction of sp³-hybridized carbons (Fsp3) is 0.273. The Bertz CT molecular complexity index is 468. The molecule has 2 N–H and O–H groups in total. The number of benzene rings is 1. The second kappa shape index (κ2) is 6.99. The van der Waals surface area contributed by atoms with Crippen molar-refractivity contribution in [2.24, 2.45) is 0 Å². The van der Waals surface area contributed by atoms with E-state index in [1.54, 1.807) is 6.07 Å². The van der Waals surface area contributed by atoms with Crippen molar-refractivity contribution in [1.82, 2.24) is 5.32 Å². The van der Waals surface area contributed by atoms with E-state index >= 15 is 0 Å². The van der Waals surface area contributed by atoms with Crippen LogP contribution in [0, 0.1) is 0 Å². The fourth-order valence-corrected chi connectivity index (χ4v) is 2.06. The number of Topliss-reactive ketones (excluding diaryl/α,β-unsaturated/α-hetero) is 1. The standard InChI is InChI=1S/C11H11Cl2NO3S/c12-6-1-2-7(8(13)3-6)10(15)4-14-9(5-18)11(16)17/h1-3,9,14,18H,4-5H2,(H,16,17). The number of nitrogens with one attached hydrogen (secondary N) is 1. The first kappa shape index (κ1) is 15.3. The van der Waals surface area contributed by atoms with Crippen molar-refractivity contribution >= 4 is 47.6 Å². The van der Waals surface area contributed by atoms with Crippen molar-refractivity contribution in [2.45, 2.75) is 6.04 Å². The van der Waals surface area contributed by atoms with Crippen LogP contribution in [-0.2, 0) is 4.79 Å². The number of carboxylic acid groups (broad SMARTS) is 1. The summed E-state index contributed by atoms with van der Waals surface area (Å²) < 4.78 is 0. The van der Waals surface area contributed by atoms with E-state index in [0.717, 1.165) is 0 Å². The van der Waals surface area contributed by atoms with Gasteiger partial charge < -0.3 is 5.11 Å². The molecule has 1 rings (SSSR count). The molecule has 0 saturated carbocycles. The van der Waals surface area contributed by atoms with E-state index in [4.69, 9.17) is 28.3 Å². The van der Waals surface area contributed by atoms with Crippen molar-refractivity contribution < 1.29 is 14.7 Å². The number of carboxylic acids is 1. The molecule has 1 aromatic carbocycles. The Morgan fingerprint density at radius 1 is 1.39 bits per heavy atom. The van der Waals surface area contributed by atoms with Gasteiger partial charge >= 0.3 is 5.97 Å². The number of carbonyl (C=O) groups is 2. The first-order valence-electron chi connectivity index (χ1n) is 5.01. The monoisotopic (exact) mass is 307 g/mol. The first-order chi connectivity index (χ1) is 8.45. The maximum Gasteiger partial charge on any atom is 0.321 e. The molecule has 0 aliphatic carbocycles. The van der Waals surface area contributed by atoms with Gasteiger partial charge in [0.25, 0.3) is 0 Å². The van der Waals surface area contributed by atoms with Gasteiger partial charge in [-0.15, -0.1) is 0 Å². The number of thiol groups is 1. The van der Waals surface area contributed by atoms with Crippen LogP contribution in [-0.4, -0.2) is 35.2 Å². The lowest BCUT2D eigenvalue weighted by atomic mass is 10.1. The quantitative estimate of drug-likeness (QED) is 0.556. The number of ketones is 1. The minimum atomic E-state index is -1.06. The zero-order valence-corrected chi connectivity index (χ0v) is 11.6. The summed E-state index contributed by atoms with van der Waals surface area (Å²) >= 11 is 15.5. The highest BCUT2D eigenvalue weighted by Gasteiger charge is 2.17. The molecule has 7 heteroatoms. The molecule has 0 aliphatic rings. The second-order valence-electron chi connectivity index (χ2n) is 3.50. The molecule has 0 spiro atoms. The minimum absolute atomic E-state index is 0.0942. The van der Waals surface area contributed by atoms with Crippen LogP contribution in [0.2, 0.25) is 10.0 Å². The second-order valence-corrected chi connectivity index (χ2v) is 4.71. The zero-order chi connectivity index (χ0) is 13.7. The molecule has 4 nitrogen and oxygen atoms in total. The SMILES string of the molecule is O=C(CNC(CS)C(=O)O)c1ccc(Cl)cc1Cl. The third-order valence-corrected chi connectivity index (χ3v) is 3.13. The Kier molecular flexibility index (Phi) is 5.95. The number of halogens is 2. The first-order valence-corrected chi connectivity index (χ1v) is 6.40. The number of hydrogen-bond acceptors (Lipinski definition) is 4. The van der Waals surface area contributed by atoms with E-state index < -0.39 is 12.0 Å². The third kappa shape index (κ3) is 4.17. The minimum Gasteiger partial charge on any atom is -0.480 e. The summed E-state index contributed by atoms with van der Waals surface area (Å²) in [7, 11) is 0. The lowest BCUT2D eigenvalue weighted by Crippen LogP contribution is -2.41. The van der Waals surface area contributed by atoms with Gasteiger partial charge in [-0.2, -0.15) is 12.6 Å². The van der Waals surface area contributed by atoms with Gasteiger partial charge in [-0.3, -0.25) is 14.9 Å². The molecule has 98 valence electrons. The highest BCUT2D eigenvalue weighted by molar-refractivity contribution is 7.80. The number of rotatable bonds is 6. The Balaban J connectivity index is 2.68. The summed E-state index contributed by atoms with van der Waals surface area (Å²) in [6.45, 7) is -0.126. The smallest absolute Gasteiger partial charge is 0.321 e. The van der Waals surface area contributed by atoms with Crippen LogP contribution in [0.1, 0.15) is 10.4 Å². The largest absolute Gasteiger partial charge is 0.480 e. The summed E-state index contributed by atoms with van der Waals surface area (Å²) in [5.74, 6) is -1.26. The van der Waals surface area contributed by atoms with Crippen molar-refractivity contribution in [3.8, 4) is 0 Å². The molecule has 18 heavy (non-hydrogen) atoms. The molecular formula is C11H11Cl2NO3S. The molecule has 1 aromatic rings. The number of hydrogen-bond donors (Lipinski definition) is 3. The van der Waals surface area contributed by atoms with Crippen molar-refractivity contribution in [2.75, 3.05) is 12.3 Å². The Morgan fingerprint density at radius 2 is 2.06 bits per heavy atom. The summed E-state index contributed by atoms with van der Waals surface area (Å²) in [5.41, 5.74) is 0.303. The lowest BCUT2D eigenvalue weighted by Gasteiger charge is -2.11. The van der Waals surface area contributed by atoms with Gasteiger partial charge in [0, 0.05) is 16.3 Å². The predicted molar refractivity (Wildman–Crippen MR) is 74.1 cm³/mol. The van der Waals surface area contributed by atoms with Crippen LogP contribution >= 0.6 is 35.8 Å². The molecule has 0 heterocycles. The van der Waals surface area contributed by atoms with Crippen LogP contribution < -0.4 is 5.32 Å². The van der Waals surface area contributed by atoms with Crippen LogP contribution in [0.25, 0.3) is 0 Å². The highest BCUT2D eigenvalue weighted by Crippen LogP contribution is 2.21. The molecule has 0 aromatic heterocycles. The van der Waals surface area contributed by atoms with E-state index in [0.29, 0.717) is 10.6 Å². The van der Waals surface area contributed by atoms with Crippen molar-refractivity contribution in [1.29, 1.82) is 0 Å². The number of carbonyl (C=O) groups excluding carboxylic acids is 1. The normalized spacial score (nSPS) is 12.2. The summed E-state index contributed by atoms with van der Waals surface area (Å²) in [6, 6.07) is 3.64. The van der Waals surface area contributed by atoms with Crippen LogP contribution in [0.4, 0.5) is 0 Å². The van der Waals surface area contributed by atoms with E-state index in [1.165, 1.54) is 12.1 Å². The van der Waals surface area contributed by atoms with E-state index in [9.17, 15) is 9.59 Å². The van der Waals surface area contributed by atoms with Crippen LogP contribution in [0.3, 0.4) is 0 Å². The summed E-state index contributed by atoms with van der Waals surface area (Å²) in [6.07, 6.45) is 0. The Hall–Kier alpha value is -0.750. The van der Waals surface area contributed by atoms with E-state index in [-0.39, 0.29) is 23.1 Å². The summed E-state index contributed by atoms with van der Waals surface area (Å²) in [5, 5.41) is 12.0. The maximum absolute atomic E-state index is 11.8. The molecule has 0 amide bonds. The van der Waals surface area contributed by atoms with Gasteiger partial charge in [0.05, 0.1) is 11.6 Å². The van der Waals surface area contributed by atoms with Gasteiger partial charge in [0.2, 0.25) is 0 Å². The zero-order valence-electron chi connectivity index (χ0n) is 9.19. The van der Waals surface area contributed by atoms with Gasteiger partial charge in [-0.1, -0.05) is 23.2 Å². The van der Waals surface area contributed by atoms with E-state index in [2.05, 4.69) is 17.9 Å². The molecule has 0 saturated heterocycles. The number of aliphatic carboxylic acids is 1. The molecule has 1 unspecified atom stereocenters. The van der Waals surface area contributed by atoms with Gasteiger partial charge in [-0.25, -0.2) is 0 Å².